The van der Waals surface area contributed by atoms with E-state index in [1.54, 1.807) is 24.3 Å². The van der Waals surface area contributed by atoms with Crippen molar-refractivity contribution in [3.05, 3.63) is 34.8 Å². The number of aliphatic hydroxyl groups is 1. The number of ketones is 1. The number of anilines is 1. The van der Waals surface area contributed by atoms with Gasteiger partial charge in [0.05, 0.1) is 17.8 Å². The number of nitrogen functional groups attached to an aromatic ring is 1. The van der Waals surface area contributed by atoms with Gasteiger partial charge >= 0.3 is 7.12 Å². The first kappa shape index (κ1) is 17.7. The van der Waals surface area contributed by atoms with E-state index in [4.69, 9.17) is 15.0 Å². The molecule has 23 heavy (non-hydrogen) atoms. The molecule has 1 aromatic rings. The molecule has 1 saturated heterocycles. The molecule has 3 N–H and O–H groups in total. The highest BCUT2D eigenvalue weighted by Gasteiger charge is 2.52. The Kier molecular flexibility index (Phi) is 4.71. The van der Waals surface area contributed by atoms with E-state index >= 15 is 0 Å². The Balaban J connectivity index is 2.32. The van der Waals surface area contributed by atoms with Gasteiger partial charge in [-0.15, -0.1) is 0 Å². The van der Waals surface area contributed by atoms with Gasteiger partial charge in [0.2, 0.25) is 0 Å². The molecule has 0 radical (unpaired) electrons. The number of aliphatic hydroxyl groups excluding tert-OH is 1. The Morgan fingerprint density at radius 2 is 1.83 bits per heavy atom. The van der Waals surface area contributed by atoms with Crippen molar-refractivity contribution < 1.29 is 19.2 Å². The third-order valence-electron chi connectivity index (χ3n) is 4.57. The molecule has 1 fully saturated rings. The highest BCUT2D eigenvalue weighted by atomic mass is 16.7. The zero-order valence-electron chi connectivity index (χ0n) is 14.3. The van der Waals surface area contributed by atoms with Gasteiger partial charge in [0.1, 0.15) is 0 Å². The maximum atomic E-state index is 11.4. The van der Waals surface area contributed by atoms with Crippen LogP contribution in [0.25, 0.3) is 6.08 Å². The van der Waals surface area contributed by atoms with Crippen LogP contribution >= 0.6 is 0 Å². The number of rotatable bonds is 4. The van der Waals surface area contributed by atoms with Crippen LogP contribution in [-0.2, 0) is 9.31 Å². The van der Waals surface area contributed by atoms with Gasteiger partial charge in [-0.2, -0.15) is 0 Å². The smallest absolute Gasteiger partial charge is 0.400 e. The van der Waals surface area contributed by atoms with Crippen LogP contribution in [0.4, 0.5) is 5.69 Å². The third-order valence-corrected chi connectivity index (χ3v) is 4.57. The zero-order chi connectivity index (χ0) is 17.4. The number of nitrogens with two attached hydrogens (primary N) is 1. The van der Waals surface area contributed by atoms with Crippen molar-refractivity contribution >= 4 is 24.7 Å². The van der Waals surface area contributed by atoms with Gasteiger partial charge in [-0.3, -0.25) is 4.79 Å². The molecule has 0 spiro atoms. The van der Waals surface area contributed by atoms with E-state index in [-0.39, 0.29) is 12.4 Å². The van der Waals surface area contributed by atoms with Crippen molar-refractivity contribution in [1.29, 1.82) is 0 Å². The van der Waals surface area contributed by atoms with Crippen molar-refractivity contribution in [2.45, 2.75) is 45.8 Å². The van der Waals surface area contributed by atoms with Crippen LogP contribution in [0.1, 0.15) is 50.5 Å². The molecule has 5 nitrogen and oxygen atoms in total. The van der Waals surface area contributed by atoms with Crippen molar-refractivity contribution in [2.75, 3.05) is 12.3 Å². The van der Waals surface area contributed by atoms with Crippen molar-refractivity contribution in [3.8, 4) is 0 Å². The van der Waals surface area contributed by atoms with E-state index in [1.807, 2.05) is 27.7 Å². The molecule has 124 valence electrons. The van der Waals surface area contributed by atoms with E-state index in [1.165, 1.54) is 6.92 Å². The first-order valence-corrected chi connectivity index (χ1v) is 7.65. The Morgan fingerprint density at radius 1 is 1.26 bits per heavy atom. The molecule has 1 aliphatic heterocycles. The minimum absolute atomic E-state index is 0.0411. The number of hydrogen-bond acceptors (Lipinski definition) is 5. The molecule has 1 aromatic carbocycles. The molecule has 0 amide bonds. The fourth-order valence-electron chi connectivity index (χ4n) is 2.31. The predicted molar refractivity (Wildman–Crippen MR) is 92.0 cm³/mol. The van der Waals surface area contributed by atoms with Crippen LogP contribution in [0.5, 0.6) is 0 Å². The number of carbonyl (C=O) groups is 1. The molecular formula is C17H24BNO4. The van der Waals surface area contributed by atoms with E-state index in [0.29, 0.717) is 22.3 Å². The molecular weight excluding hydrogens is 293 g/mol. The average molecular weight is 317 g/mol. The second kappa shape index (κ2) is 6.11. The maximum absolute atomic E-state index is 11.4. The highest BCUT2D eigenvalue weighted by molar-refractivity contribution is 6.55. The Hall–Kier alpha value is -1.63. The third kappa shape index (κ3) is 3.49. The van der Waals surface area contributed by atoms with Crippen LogP contribution in [0.3, 0.4) is 0 Å². The van der Waals surface area contributed by atoms with Crippen molar-refractivity contribution in [2.24, 2.45) is 0 Å². The summed E-state index contributed by atoms with van der Waals surface area (Å²) < 4.78 is 11.9. The van der Waals surface area contributed by atoms with Crippen molar-refractivity contribution in [1.82, 2.24) is 0 Å². The lowest BCUT2D eigenvalue weighted by Crippen LogP contribution is -2.41. The Morgan fingerprint density at radius 3 is 2.26 bits per heavy atom. The topological polar surface area (TPSA) is 81.8 Å². The molecule has 0 saturated carbocycles. The quantitative estimate of drug-likeness (QED) is 0.506. The number of carbonyl (C=O) groups excluding carboxylic acids is 1. The number of hydrogen-bond donors (Lipinski definition) is 2. The van der Waals surface area contributed by atoms with Gasteiger partial charge < -0.3 is 20.1 Å². The first-order chi connectivity index (χ1) is 10.6. The SMILES string of the molecule is CC(=O)c1ccc(C=C(CO)B2OC(C)(C)C(C)(C)O2)c(N)c1. The molecule has 0 aliphatic carbocycles. The summed E-state index contributed by atoms with van der Waals surface area (Å²) in [6.07, 6.45) is 1.75. The summed E-state index contributed by atoms with van der Waals surface area (Å²) in [5.74, 6) is -0.0411. The maximum Gasteiger partial charge on any atom is 0.492 e. The molecule has 1 heterocycles. The molecule has 0 bridgehead atoms. The summed E-state index contributed by atoms with van der Waals surface area (Å²) in [6, 6.07) is 5.10. The normalized spacial score (nSPS) is 19.9. The second-order valence-corrected chi connectivity index (χ2v) is 6.87. The van der Waals surface area contributed by atoms with Gasteiger partial charge in [-0.05, 0) is 51.7 Å². The van der Waals surface area contributed by atoms with Crippen molar-refractivity contribution in [3.63, 3.8) is 0 Å². The summed E-state index contributed by atoms with van der Waals surface area (Å²) in [5.41, 5.74) is 7.39. The Labute approximate surface area is 137 Å². The minimum atomic E-state index is -0.628. The molecule has 6 heteroatoms. The summed E-state index contributed by atoms with van der Waals surface area (Å²) in [7, 11) is -0.628. The van der Waals surface area contributed by atoms with E-state index in [0.717, 1.165) is 0 Å². The lowest BCUT2D eigenvalue weighted by Gasteiger charge is -2.32. The zero-order valence-corrected chi connectivity index (χ0v) is 14.3. The van der Waals surface area contributed by atoms with E-state index in [2.05, 4.69) is 0 Å². The molecule has 0 aromatic heterocycles. The van der Waals surface area contributed by atoms with Crippen LogP contribution in [-0.4, -0.2) is 35.8 Å². The first-order valence-electron chi connectivity index (χ1n) is 7.65. The van der Waals surface area contributed by atoms with Crippen LogP contribution in [0.2, 0.25) is 0 Å². The Bertz CT molecular complexity index is 636. The summed E-state index contributed by atoms with van der Waals surface area (Å²) in [5, 5.41) is 9.70. The summed E-state index contributed by atoms with van der Waals surface area (Å²) >= 11 is 0. The van der Waals surface area contributed by atoms with E-state index in [9.17, 15) is 9.90 Å². The summed E-state index contributed by atoms with van der Waals surface area (Å²) in [6.45, 7) is 9.12. The fourth-order valence-corrected chi connectivity index (χ4v) is 2.31. The highest BCUT2D eigenvalue weighted by Crippen LogP contribution is 2.38. The minimum Gasteiger partial charge on any atom is -0.400 e. The molecule has 0 unspecified atom stereocenters. The van der Waals surface area contributed by atoms with Gasteiger partial charge in [0, 0.05) is 11.3 Å². The standard InChI is InChI=1S/C17H24BNO4/c1-11(21)12-6-7-13(15(19)9-12)8-14(10-20)18-22-16(2,3)17(4,5)23-18/h6-9,20H,10,19H2,1-5H3. The predicted octanol–water partition coefficient (Wildman–Crippen LogP) is 2.48. The second-order valence-electron chi connectivity index (χ2n) is 6.87. The number of Topliss-reactive ketones (excluding diaryl/α,β-unsaturated/α-hetero) is 1. The van der Waals surface area contributed by atoms with Gasteiger partial charge in [-0.25, -0.2) is 0 Å². The van der Waals surface area contributed by atoms with Gasteiger partial charge in [0.25, 0.3) is 0 Å². The fraction of sp³-hybridized carbons (Fsp3) is 0.471. The number of benzene rings is 1. The molecule has 1 aliphatic rings. The average Bonchev–Trinajstić information content (AvgIpc) is 2.65. The lowest BCUT2D eigenvalue weighted by atomic mass is 9.77. The monoisotopic (exact) mass is 317 g/mol. The lowest BCUT2D eigenvalue weighted by molar-refractivity contribution is 0.00578. The van der Waals surface area contributed by atoms with Gasteiger partial charge in [0.15, 0.2) is 5.78 Å². The summed E-state index contributed by atoms with van der Waals surface area (Å²) in [4.78, 5) is 11.4. The van der Waals surface area contributed by atoms with Crippen LogP contribution in [0.15, 0.2) is 23.7 Å². The van der Waals surface area contributed by atoms with Crippen LogP contribution in [0, 0.1) is 0 Å². The molecule has 2 rings (SSSR count). The van der Waals surface area contributed by atoms with Gasteiger partial charge in [-0.1, -0.05) is 18.2 Å². The van der Waals surface area contributed by atoms with Crippen LogP contribution < -0.4 is 5.73 Å². The largest absolute Gasteiger partial charge is 0.492 e. The van der Waals surface area contributed by atoms with E-state index < -0.39 is 18.3 Å². The molecule has 0 atom stereocenters.